The average Bonchev–Trinajstić information content (AvgIpc) is 2.81. The normalized spacial score (nSPS) is 19.9. The molecule has 4 nitrogen and oxygen atoms in total. The predicted octanol–water partition coefficient (Wildman–Crippen LogP) is 2.43. The molecule has 0 radical (unpaired) electrons. The minimum absolute atomic E-state index is 0.0592. The van der Waals surface area contributed by atoms with Crippen LogP contribution >= 0.6 is 15.9 Å². The highest BCUT2D eigenvalue weighted by atomic mass is 79.9. The molecule has 1 aliphatic heterocycles. The summed E-state index contributed by atoms with van der Waals surface area (Å²) in [5, 5.41) is 0. The number of imide groups is 1. The van der Waals surface area contributed by atoms with E-state index in [9.17, 15) is 9.59 Å². The number of hydrogen-bond donors (Lipinski definition) is 0. The lowest BCUT2D eigenvalue weighted by molar-refractivity contribution is -0.125. The number of amides is 2. The molecule has 1 saturated heterocycles. The SMILES string of the molecule is CC(C)C1CC(=O)N(C(=O)c2cc(Br)cn2C)C1. The molecule has 2 rings (SSSR count). The lowest BCUT2D eigenvalue weighted by Gasteiger charge is -2.16. The van der Waals surface area contributed by atoms with Crippen molar-refractivity contribution in [1.82, 2.24) is 9.47 Å². The Morgan fingerprint density at radius 1 is 1.50 bits per heavy atom. The number of nitrogens with zero attached hydrogens (tertiary/aromatic N) is 2. The molecule has 1 atom stereocenters. The topological polar surface area (TPSA) is 42.3 Å². The summed E-state index contributed by atoms with van der Waals surface area (Å²) in [7, 11) is 1.80. The lowest BCUT2D eigenvalue weighted by Crippen LogP contribution is -2.33. The van der Waals surface area contributed by atoms with Gasteiger partial charge in [0.05, 0.1) is 0 Å². The molecule has 2 amide bonds. The number of carbonyl (C=O) groups is 2. The van der Waals surface area contributed by atoms with Crippen LogP contribution in [0, 0.1) is 11.8 Å². The Morgan fingerprint density at radius 3 is 2.61 bits per heavy atom. The minimum atomic E-state index is -0.198. The second kappa shape index (κ2) is 4.88. The van der Waals surface area contributed by atoms with Gasteiger partial charge in [-0.15, -0.1) is 0 Å². The van der Waals surface area contributed by atoms with Crippen LogP contribution in [0.5, 0.6) is 0 Å². The Kier molecular flexibility index (Phi) is 3.61. The molecule has 0 spiro atoms. The van der Waals surface area contributed by atoms with Crippen LogP contribution in [0.3, 0.4) is 0 Å². The number of rotatable bonds is 2. The first-order valence-corrected chi connectivity index (χ1v) is 6.86. The monoisotopic (exact) mass is 312 g/mol. The van der Waals surface area contributed by atoms with Gasteiger partial charge in [-0.3, -0.25) is 14.5 Å². The van der Waals surface area contributed by atoms with Crippen molar-refractivity contribution < 1.29 is 9.59 Å². The molecule has 0 aliphatic carbocycles. The maximum atomic E-state index is 12.3. The van der Waals surface area contributed by atoms with Gasteiger partial charge in [-0.1, -0.05) is 13.8 Å². The van der Waals surface area contributed by atoms with E-state index in [1.54, 1.807) is 17.7 Å². The zero-order chi connectivity index (χ0) is 13.4. The molecule has 0 N–H and O–H groups in total. The van der Waals surface area contributed by atoms with Gasteiger partial charge in [-0.2, -0.15) is 0 Å². The van der Waals surface area contributed by atoms with Crippen LogP contribution in [0.25, 0.3) is 0 Å². The van der Waals surface area contributed by atoms with Gasteiger partial charge < -0.3 is 4.57 Å². The molecule has 1 aromatic heterocycles. The van der Waals surface area contributed by atoms with E-state index in [1.165, 1.54) is 4.90 Å². The van der Waals surface area contributed by atoms with Crippen LogP contribution in [-0.2, 0) is 11.8 Å². The highest BCUT2D eigenvalue weighted by Crippen LogP contribution is 2.26. The van der Waals surface area contributed by atoms with Crippen molar-refractivity contribution in [2.75, 3.05) is 6.54 Å². The van der Waals surface area contributed by atoms with Crippen LogP contribution in [-0.4, -0.2) is 27.8 Å². The summed E-state index contributed by atoms with van der Waals surface area (Å²) in [5.41, 5.74) is 0.541. The second-order valence-electron chi connectivity index (χ2n) is 5.17. The molecule has 0 saturated carbocycles. The number of aryl methyl sites for hydroxylation is 1. The Morgan fingerprint density at radius 2 is 2.17 bits per heavy atom. The quantitative estimate of drug-likeness (QED) is 0.787. The number of halogens is 1. The molecule has 1 fully saturated rings. The molecule has 5 heteroatoms. The molecule has 2 heterocycles. The van der Waals surface area contributed by atoms with Crippen LogP contribution in [0.15, 0.2) is 16.7 Å². The van der Waals surface area contributed by atoms with Gasteiger partial charge in [0.15, 0.2) is 0 Å². The van der Waals surface area contributed by atoms with E-state index in [0.717, 1.165) is 4.47 Å². The predicted molar refractivity (Wildman–Crippen MR) is 72.1 cm³/mol. The van der Waals surface area contributed by atoms with E-state index in [4.69, 9.17) is 0 Å². The van der Waals surface area contributed by atoms with Crippen molar-refractivity contribution in [3.63, 3.8) is 0 Å². The van der Waals surface area contributed by atoms with Crippen LogP contribution in [0.1, 0.15) is 30.8 Å². The summed E-state index contributed by atoms with van der Waals surface area (Å²) in [6.07, 6.45) is 2.29. The highest BCUT2D eigenvalue weighted by molar-refractivity contribution is 9.10. The summed E-state index contributed by atoms with van der Waals surface area (Å²) in [6.45, 7) is 4.72. The second-order valence-corrected chi connectivity index (χ2v) is 6.09. The Balaban J connectivity index is 2.20. The molecule has 0 aromatic carbocycles. The first-order chi connectivity index (χ1) is 8.40. The van der Waals surface area contributed by atoms with Gasteiger partial charge in [-0.05, 0) is 33.8 Å². The van der Waals surface area contributed by atoms with E-state index in [-0.39, 0.29) is 17.7 Å². The van der Waals surface area contributed by atoms with Gasteiger partial charge in [0.25, 0.3) is 5.91 Å². The summed E-state index contributed by atoms with van der Waals surface area (Å²) < 4.78 is 2.59. The molecule has 18 heavy (non-hydrogen) atoms. The third kappa shape index (κ3) is 2.36. The van der Waals surface area contributed by atoms with Crippen molar-refractivity contribution >= 4 is 27.7 Å². The molecule has 1 aromatic rings. The molecule has 1 unspecified atom stereocenters. The summed E-state index contributed by atoms with van der Waals surface area (Å²) in [5.74, 6) is 0.449. The Bertz CT molecular complexity index is 493. The number of aromatic nitrogens is 1. The maximum absolute atomic E-state index is 12.3. The Labute approximate surface area is 115 Å². The average molecular weight is 313 g/mol. The lowest BCUT2D eigenvalue weighted by atomic mass is 9.95. The molecular formula is C13H17BrN2O2. The van der Waals surface area contributed by atoms with Crippen LogP contribution in [0.4, 0.5) is 0 Å². The van der Waals surface area contributed by atoms with Gasteiger partial charge in [0.2, 0.25) is 5.91 Å². The Hall–Kier alpha value is -1.10. The first-order valence-electron chi connectivity index (χ1n) is 6.06. The van der Waals surface area contributed by atoms with E-state index in [1.807, 2.05) is 6.20 Å². The fourth-order valence-electron chi connectivity index (χ4n) is 2.25. The van der Waals surface area contributed by atoms with Crippen molar-refractivity contribution in [2.45, 2.75) is 20.3 Å². The number of carbonyl (C=O) groups excluding carboxylic acids is 2. The highest BCUT2D eigenvalue weighted by Gasteiger charge is 2.36. The molecule has 1 aliphatic rings. The van der Waals surface area contributed by atoms with E-state index in [2.05, 4.69) is 29.8 Å². The largest absolute Gasteiger partial charge is 0.345 e. The minimum Gasteiger partial charge on any atom is -0.345 e. The fourth-order valence-corrected chi connectivity index (χ4v) is 2.78. The maximum Gasteiger partial charge on any atom is 0.277 e. The zero-order valence-electron chi connectivity index (χ0n) is 10.8. The molecule has 98 valence electrons. The number of hydrogen-bond acceptors (Lipinski definition) is 2. The van der Waals surface area contributed by atoms with E-state index in [0.29, 0.717) is 24.6 Å². The van der Waals surface area contributed by atoms with Gasteiger partial charge in [0.1, 0.15) is 5.69 Å². The number of likely N-dealkylation sites (tertiary alicyclic amines) is 1. The van der Waals surface area contributed by atoms with Gasteiger partial charge in [-0.25, -0.2) is 0 Å². The summed E-state index contributed by atoms with van der Waals surface area (Å²) in [4.78, 5) is 25.6. The standard InChI is InChI=1S/C13H17BrN2O2/c1-8(2)9-4-12(17)16(6-9)13(18)11-5-10(14)7-15(11)3/h5,7-9H,4,6H2,1-3H3. The van der Waals surface area contributed by atoms with Crippen LogP contribution in [0.2, 0.25) is 0 Å². The van der Waals surface area contributed by atoms with Crippen molar-refractivity contribution in [1.29, 1.82) is 0 Å². The van der Waals surface area contributed by atoms with Crippen molar-refractivity contribution in [3.05, 3.63) is 22.4 Å². The third-order valence-corrected chi connectivity index (χ3v) is 3.97. The molecular weight excluding hydrogens is 296 g/mol. The summed E-state index contributed by atoms with van der Waals surface area (Å²) >= 11 is 3.33. The van der Waals surface area contributed by atoms with E-state index < -0.39 is 0 Å². The van der Waals surface area contributed by atoms with Crippen molar-refractivity contribution in [2.24, 2.45) is 18.9 Å². The van der Waals surface area contributed by atoms with E-state index >= 15 is 0 Å². The van der Waals surface area contributed by atoms with Gasteiger partial charge in [0, 0.05) is 30.7 Å². The third-order valence-electron chi connectivity index (χ3n) is 3.53. The first kappa shape index (κ1) is 13.3. The fraction of sp³-hybridized carbons (Fsp3) is 0.538. The summed E-state index contributed by atoms with van der Waals surface area (Å²) in [6, 6.07) is 1.75. The smallest absolute Gasteiger partial charge is 0.277 e. The zero-order valence-corrected chi connectivity index (χ0v) is 12.4. The van der Waals surface area contributed by atoms with Gasteiger partial charge >= 0.3 is 0 Å². The van der Waals surface area contributed by atoms with Crippen LogP contribution < -0.4 is 0 Å². The molecule has 0 bridgehead atoms. The van der Waals surface area contributed by atoms with Crippen molar-refractivity contribution in [3.8, 4) is 0 Å².